The summed E-state index contributed by atoms with van der Waals surface area (Å²) < 4.78 is 5.31. The average molecular weight is 242 g/mol. The van der Waals surface area contributed by atoms with E-state index in [4.69, 9.17) is 4.74 Å². The van der Waals surface area contributed by atoms with Crippen molar-refractivity contribution in [1.29, 1.82) is 0 Å². The van der Waals surface area contributed by atoms with Gasteiger partial charge in [0, 0.05) is 19.6 Å². The molecule has 1 aliphatic heterocycles. The van der Waals surface area contributed by atoms with Gasteiger partial charge in [-0.05, 0) is 39.7 Å². The predicted octanol–water partition coefficient (Wildman–Crippen LogP) is 1.40. The highest BCUT2D eigenvalue weighted by atomic mass is 16.5. The fourth-order valence-electron chi connectivity index (χ4n) is 1.99. The lowest BCUT2D eigenvalue weighted by atomic mass is 10.0. The highest BCUT2D eigenvalue weighted by Gasteiger charge is 2.15. The number of nitrogens with one attached hydrogen (secondary N) is 1. The quantitative estimate of drug-likeness (QED) is 0.765. The molecular weight excluding hydrogens is 216 g/mol. The molecule has 1 N–H and O–H groups in total. The Morgan fingerprint density at radius 3 is 2.82 bits per heavy atom. The van der Waals surface area contributed by atoms with Crippen molar-refractivity contribution >= 4 is 5.91 Å². The van der Waals surface area contributed by atoms with E-state index in [0.717, 1.165) is 19.5 Å². The van der Waals surface area contributed by atoms with Crippen molar-refractivity contribution in [3.8, 4) is 0 Å². The summed E-state index contributed by atoms with van der Waals surface area (Å²) in [5.74, 6) is 0.0782. The topological polar surface area (TPSA) is 41.6 Å². The smallest absolute Gasteiger partial charge is 0.248 e. The Bertz CT molecular complexity index is 225. The second-order valence-corrected chi connectivity index (χ2v) is 5.11. The van der Waals surface area contributed by atoms with Gasteiger partial charge in [-0.3, -0.25) is 4.79 Å². The van der Waals surface area contributed by atoms with Gasteiger partial charge in [-0.2, -0.15) is 0 Å². The Labute approximate surface area is 105 Å². The fraction of sp³-hybridized carbons (Fsp3) is 0.923. The highest BCUT2D eigenvalue weighted by Crippen LogP contribution is 2.10. The van der Waals surface area contributed by atoms with Gasteiger partial charge in [-0.25, -0.2) is 0 Å². The summed E-state index contributed by atoms with van der Waals surface area (Å²) in [6.07, 6.45) is 5.00. The molecule has 0 bridgehead atoms. The van der Waals surface area contributed by atoms with Gasteiger partial charge in [-0.1, -0.05) is 6.42 Å². The van der Waals surface area contributed by atoms with Gasteiger partial charge in [0.25, 0.3) is 0 Å². The van der Waals surface area contributed by atoms with E-state index in [0.29, 0.717) is 6.04 Å². The van der Waals surface area contributed by atoms with E-state index in [1.165, 1.54) is 19.3 Å². The fourth-order valence-corrected chi connectivity index (χ4v) is 1.99. The summed E-state index contributed by atoms with van der Waals surface area (Å²) in [6, 6.07) is 0.588. The minimum Gasteiger partial charge on any atom is -0.369 e. The van der Waals surface area contributed by atoms with Crippen LogP contribution in [0.4, 0.5) is 0 Å². The average Bonchev–Trinajstić information content (AvgIpc) is 2.34. The number of ether oxygens (including phenoxy) is 1. The van der Waals surface area contributed by atoms with Crippen LogP contribution in [0.3, 0.4) is 0 Å². The van der Waals surface area contributed by atoms with E-state index < -0.39 is 0 Å². The van der Waals surface area contributed by atoms with Crippen LogP contribution < -0.4 is 5.32 Å². The van der Waals surface area contributed by atoms with Crippen LogP contribution in [-0.2, 0) is 9.53 Å². The molecular formula is C13H26N2O2. The summed E-state index contributed by atoms with van der Waals surface area (Å²) in [5.41, 5.74) is 0. The van der Waals surface area contributed by atoms with Crippen molar-refractivity contribution in [3.63, 3.8) is 0 Å². The summed E-state index contributed by atoms with van der Waals surface area (Å²) >= 11 is 0. The van der Waals surface area contributed by atoms with Gasteiger partial charge in [0.2, 0.25) is 5.91 Å². The van der Waals surface area contributed by atoms with Crippen LogP contribution in [0.15, 0.2) is 0 Å². The SMILES string of the molecule is CC(C)OCC(=O)N(C)CCC1CCCCN1. The minimum absolute atomic E-state index is 0.0782. The molecule has 0 aromatic heterocycles. The van der Waals surface area contributed by atoms with Crippen molar-refractivity contribution in [1.82, 2.24) is 10.2 Å². The normalized spacial score (nSPS) is 20.6. The van der Waals surface area contributed by atoms with Crippen molar-refractivity contribution in [2.45, 2.75) is 51.7 Å². The second-order valence-electron chi connectivity index (χ2n) is 5.11. The van der Waals surface area contributed by atoms with Crippen molar-refractivity contribution in [2.24, 2.45) is 0 Å². The van der Waals surface area contributed by atoms with Crippen LogP contribution in [-0.4, -0.2) is 49.7 Å². The highest BCUT2D eigenvalue weighted by molar-refractivity contribution is 5.77. The van der Waals surface area contributed by atoms with Crippen LogP contribution in [0.1, 0.15) is 39.5 Å². The van der Waals surface area contributed by atoms with E-state index in [1.54, 1.807) is 4.90 Å². The first-order chi connectivity index (χ1) is 8.09. The van der Waals surface area contributed by atoms with Crippen LogP contribution in [0.2, 0.25) is 0 Å². The maximum Gasteiger partial charge on any atom is 0.248 e. The molecule has 1 fully saturated rings. The zero-order valence-electron chi connectivity index (χ0n) is 11.4. The van der Waals surface area contributed by atoms with Crippen LogP contribution >= 0.6 is 0 Å². The van der Waals surface area contributed by atoms with E-state index in [-0.39, 0.29) is 18.6 Å². The van der Waals surface area contributed by atoms with E-state index in [2.05, 4.69) is 5.32 Å². The monoisotopic (exact) mass is 242 g/mol. The summed E-state index contributed by atoms with van der Waals surface area (Å²) in [6.45, 7) is 6.03. The van der Waals surface area contributed by atoms with Crippen LogP contribution in [0.5, 0.6) is 0 Å². The van der Waals surface area contributed by atoms with Crippen molar-refractivity contribution < 1.29 is 9.53 Å². The Morgan fingerprint density at radius 2 is 2.24 bits per heavy atom. The number of hydrogen-bond donors (Lipinski definition) is 1. The number of piperidine rings is 1. The molecule has 17 heavy (non-hydrogen) atoms. The van der Waals surface area contributed by atoms with Gasteiger partial charge in [-0.15, -0.1) is 0 Å². The number of nitrogens with zero attached hydrogens (tertiary/aromatic N) is 1. The zero-order chi connectivity index (χ0) is 12.7. The lowest BCUT2D eigenvalue weighted by molar-refractivity contribution is -0.136. The number of rotatable bonds is 6. The summed E-state index contributed by atoms with van der Waals surface area (Å²) in [7, 11) is 1.86. The van der Waals surface area contributed by atoms with Crippen LogP contribution in [0.25, 0.3) is 0 Å². The molecule has 1 unspecified atom stereocenters. The van der Waals surface area contributed by atoms with Gasteiger partial charge >= 0.3 is 0 Å². The number of carbonyl (C=O) groups excluding carboxylic acids is 1. The maximum atomic E-state index is 11.7. The third kappa shape index (κ3) is 6.03. The van der Waals surface area contributed by atoms with Gasteiger partial charge in [0.1, 0.15) is 6.61 Å². The molecule has 1 aliphatic rings. The number of amides is 1. The number of carbonyl (C=O) groups is 1. The Balaban J connectivity index is 2.14. The Hall–Kier alpha value is -0.610. The molecule has 1 saturated heterocycles. The summed E-state index contributed by atoms with van der Waals surface area (Å²) in [5, 5.41) is 3.49. The molecule has 1 amide bonds. The standard InChI is InChI=1S/C13H26N2O2/c1-11(2)17-10-13(16)15(3)9-7-12-6-4-5-8-14-12/h11-12,14H,4-10H2,1-3H3. The minimum atomic E-state index is 0.0782. The zero-order valence-corrected chi connectivity index (χ0v) is 11.4. The molecule has 0 saturated carbocycles. The Kier molecular flexibility index (Phi) is 6.52. The third-order valence-electron chi connectivity index (χ3n) is 3.19. The molecule has 0 aliphatic carbocycles. The van der Waals surface area contributed by atoms with E-state index in [9.17, 15) is 4.79 Å². The molecule has 1 rings (SSSR count). The van der Waals surface area contributed by atoms with Crippen molar-refractivity contribution in [2.75, 3.05) is 26.7 Å². The largest absolute Gasteiger partial charge is 0.369 e. The van der Waals surface area contributed by atoms with E-state index >= 15 is 0 Å². The second kappa shape index (κ2) is 7.67. The van der Waals surface area contributed by atoms with Gasteiger partial charge in [0.05, 0.1) is 6.10 Å². The maximum absolute atomic E-state index is 11.7. The molecule has 100 valence electrons. The van der Waals surface area contributed by atoms with E-state index in [1.807, 2.05) is 20.9 Å². The molecule has 1 atom stereocenters. The lowest BCUT2D eigenvalue weighted by Gasteiger charge is -2.26. The predicted molar refractivity (Wildman–Crippen MR) is 69.0 cm³/mol. The molecule has 0 aromatic carbocycles. The Morgan fingerprint density at radius 1 is 1.47 bits per heavy atom. The first-order valence-corrected chi connectivity index (χ1v) is 6.68. The molecule has 0 radical (unpaired) electrons. The lowest BCUT2D eigenvalue weighted by Crippen LogP contribution is -2.39. The number of likely N-dealkylation sites (N-methyl/N-ethyl adjacent to an activating group) is 1. The molecule has 1 heterocycles. The molecule has 4 nitrogen and oxygen atoms in total. The van der Waals surface area contributed by atoms with Crippen LogP contribution in [0, 0.1) is 0 Å². The number of hydrogen-bond acceptors (Lipinski definition) is 3. The molecule has 0 spiro atoms. The first-order valence-electron chi connectivity index (χ1n) is 6.68. The van der Waals surface area contributed by atoms with Gasteiger partial charge in [0.15, 0.2) is 0 Å². The first kappa shape index (κ1) is 14.5. The summed E-state index contributed by atoms with van der Waals surface area (Å²) in [4.78, 5) is 13.5. The van der Waals surface area contributed by atoms with Gasteiger partial charge < -0.3 is 15.0 Å². The molecule has 4 heteroatoms. The van der Waals surface area contributed by atoms with Crippen molar-refractivity contribution in [3.05, 3.63) is 0 Å². The molecule has 0 aromatic rings. The third-order valence-corrected chi connectivity index (χ3v) is 3.19.